The Bertz CT molecular complexity index is 561. The van der Waals surface area contributed by atoms with Gasteiger partial charge in [0.15, 0.2) is 0 Å². The maximum Gasteiger partial charge on any atom is 0.347 e. The average Bonchev–Trinajstić information content (AvgIpc) is 2.35. The molecule has 17 heavy (non-hydrogen) atoms. The SMILES string of the molecule is COc1ccc(Cn2cc(N)cnc2=O)cc1. The summed E-state index contributed by atoms with van der Waals surface area (Å²) in [6.45, 7) is 0.445. The molecular weight excluding hydrogens is 218 g/mol. The number of nitrogen functional groups attached to an aromatic ring is 1. The summed E-state index contributed by atoms with van der Waals surface area (Å²) in [6, 6.07) is 7.49. The Kier molecular flexibility index (Phi) is 3.09. The lowest BCUT2D eigenvalue weighted by molar-refractivity contribution is 0.414. The first kappa shape index (κ1) is 11.2. The van der Waals surface area contributed by atoms with E-state index in [2.05, 4.69) is 4.98 Å². The van der Waals surface area contributed by atoms with Gasteiger partial charge in [0.1, 0.15) is 5.75 Å². The number of ether oxygens (including phenoxy) is 1. The highest BCUT2D eigenvalue weighted by molar-refractivity contribution is 5.31. The van der Waals surface area contributed by atoms with E-state index in [1.165, 1.54) is 10.8 Å². The minimum absolute atomic E-state index is 0.310. The molecule has 0 bridgehead atoms. The summed E-state index contributed by atoms with van der Waals surface area (Å²) in [5, 5.41) is 0. The van der Waals surface area contributed by atoms with E-state index in [1.807, 2.05) is 24.3 Å². The largest absolute Gasteiger partial charge is 0.497 e. The third-order valence-electron chi connectivity index (χ3n) is 2.39. The maximum atomic E-state index is 11.5. The summed E-state index contributed by atoms with van der Waals surface area (Å²) in [6.07, 6.45) is 2.94. The van der Waals surface area contributed by atoms with E-state index in [4.69, 9.17) is 10.5 Å². The van der Waals surface area contributed by atoms with Gasteiger partial charge >= 0.3 is 5.69 Å². The molecule has 0 radical (unpaired) electrons. The third kappa shape index (κ3) is 2.63. The first-order valence-corrected chi connectivity index (χ1v) is 5.14. The van der Waals surface area contributed by atoms with Crippen LogP contribution in [0.3, 0.4) is 0 Å². The molecule has 0 saturated heterocycles. The topological polar surface area (TPSA) is 70.1 Å². The predicted octanol–water partition coefficient (Wildman–Crippen LogP) is 0.882. The van der Waals surface area contributed by atoms with Crippen molar-refractivity contribution in [3.8, 4) is 5.75 Å². The van der Waals surface area contributed by atoms with Crippen molar-refractivity contribution < 1.29 is 4.74 Å². The van der Waals surface area contributed by atoms with Gasteiger partial charge in [-0.3, -0.25) is 4.57 Å². The van der Waals surface area contributed by atoms with Crippen LogP contribution in [0.15, 0.2) is 41.5 Å². The van der Waals surface area contributed by atoms with Crippen molar-refractivity contribution in [1.82, 2.24) is 9.55 Å². The quantitative estimate of drug-likeness (QED) is 0.851. The Balaban J connectivity index is 2.25. The molecule has 0 saturated carbocycles. The number of hydrogen-bond acceptors (Lipinski definition) is 4. The van der Waals surface area contributed by atoms with Crippen LogP contribution in [0.5, 0.6) is 5.75 Å². The van der Waals surface area contributed by atoms with Crippen molar-refractivity contribution >= 4 is 5.69 Å². The Morgan fingerprint density at radius 2 is 2.06 bits per heavy atom. The summed E-state index contributed by atoms with van der Waals surface area (Å²) in [7, 11) is 1.61. The molecular formula is C12H13N3O2. The van der Waals surface area contributed by atoms with Gasteiger partial charge in [-0.1, -0.05) is 12.1 Å². The van der Waals surface area contributed by atoms with Crippen molar-refractivity contribution in [2.45, 2.75) is 6.54 Å². The van der Waals surface area contributed by atoms with Gasteiger partial charge in [-0.25, -0.2) is 4.79 Å². The predicted molar refractivity (Wildman–Crippen MR) is 65.0 cm³/mol. The van der Waals surface area contributed by atoms with Crippen LogP contribution in [0.2, 0.25) is 0 Å². The molecule has 0 amide bonds. The highest BCUT2D eigenvalue weighted by Gasteiger charge is 2.00. The molecule has 0 aliphatic heterocycles. The molecule has 5 heteroatoms. The fourth-order valence-corrected chi connectivity index (χ4v) is 1.51. The molecule has 0 unspecified atom stereocenters. The lowest BCUT2D eigenvalue weighted by Gasteiger charge is -2.06. The van der Waals surface area contributed by atoms with Gasteiger partial charge in [-0.15, -0.1) is 0 Å². The number of rotatable bonds is 3. The second kappa shape index (κ2) is 4.69. The van der Waals surface area contributed by atoms with Gasteiger partial charge < -0.3 is 10.5 Å². The van der Waals surface area contributed by atoms with Gasteiger partial charge in [0, 0.05) is 6.20 Å². The number of nitrogens with zero attached hydrogens (tertiary/aromatic N) is 2. The number of anilines is 1. The zero-order chi connectivity index (χ0) is 12.3. The molecule has 1 aromatic carbocycles. The Hall–Kier alpha value is -2.30. The van der Waals surface area contributed by atoms with E-state index in [0.717, 1.165) is 11.3 Å². The van der Waals surface area contributed by atoms with Crippen molar-refractivity contribution in [2.24, 2.45) is 0 Å². The molecule has 2 aromatic rings. The van der Waals surface area contributed by atoms with Gasteiger partial charge in [0.05, 0.1) is 25.5 Å². The summed E-state index contributed by atoms with van der Waals surface area (Å²) >= 11 is 0. The summed E-state index contributed by atoms with van der Waals surface area (Å²) in [4.78, 5) is 15.1. The Morgan fingerprint density at radius 3 is 2.71 bits per heavy atom. The molecule has 88 valence electrons. The molecule has 0 aliphatic carbocycles. The van der Waals surface area contributed by atoms with Crippen molar-refractivity contribution in [3.05, 3.63) is 52.7 Å². The molecule has 5 nitrogen and oxygen atoms in total. The van der Waals surface area contributed by atoms with E-state index < -0.39 is 0 Å². The Morgan fingerprint density at radius 1 is 1.35 bits per heavy atom. The van der Waals surface area contributed by atoms with Crippen LogP contribution in [-0.2, 0) is 6.54 Å². The zero-order valence-corrected chi connectivity index (χ0v) is 9.46. The summed E-state index contributed by atoms with van der Waals surface area (Å²) in [5.41, 5.74) is 6.73. The minimum atomic E-state index is -0.310. The van der Waals surface area contributed by atoms with Gasteiger partial charge in [-0.05, 0) is 17.7 Å². The van der Waals surface area contributed by atoms with Gasteiger partial charge in [-0.2, -0.15) is 4.98 Å². The second-order valence-corrected chi connectivity index (χ2v) is 3.65. The Labute approximate surface area is 98.5 Å². The number of methoxy groups -OCH3 is 1. The van der Waals surface area contributed by atoms with E-state index >= 15 is 0 Å². The molecule has 1 heterocycles. The molecule has 1 aromatic heterocycles. The third-order valence-corrected chi connectivity index (χ3v) is 2.39. The van der Waals surface area contributed by atoms with Crippen LogP contribution in [0.4, 0.5) is 5.69 Å². The van der Waals surface area contributed by atoms with Crippen molar-refractivity contribution in [2.75, 3.05) is 12.8 Å². The fourth-order valence-electron chi connectivity index (χ4n) is 1.51. The van der Waals surface area contributed by atoms with Gasteiger partial charge in [0.25, 0.3) is 0 Å². The highest BCUT2D eigenvalue weighted by atomic mass is 16.5. The van der Waals surface area contributed by atoms with Crippen LogP contribution in [0.1, 0.15) is 5.56 Å². The van der Waals surface area contributed by atoms with E-state index in [9.17, 15) is 4.79 Å². The highest BCUT2D eigenvalue weighted by Crippen LogP contribution is 2.11. The number of hydrogen-bond donors (Lipinski definition) is 1. The standard InChI is InChI=1S/C12H13N3O2/c1-17-11-4-2-9(3-5-11)7-15-8-10(13)6-14-12(15)16/h2-6,8H,7,13H2,1H3. The second-order valence-electron chi connectivity index (χ2n) is 3.65. The van der Waals surface area contributed by atoms with Crippen LogP contribution in [-0.4, -0.2) is 16.7 Å². The number of nitrogens with two attached hydrogens (primary N) is 1. The van der Waals surface area contributed by atoms with Crippen LogP contribution in [0, 0.1) is 0 Å². The first-order valence-electron chi connectivity index (χ1n) is 5.14. The lowest BCUT2D eigenvalue weighted by atomic mass is 10.2. The fraction of sp³-hybridized carbons (Fsp3) is 0.167. The summed E-state index contributed by atoms with van der Waals surface area (Å²) < 4.78 is 6.53. The van der Waals surface area contributed by atoms with E-state index in [0.29, 0.717) is 12.2 Å². The molecule has 2 N–H and O–H groups in total. The van der Waals surface area contributed by atoms with Crippen LogP contribution in [0.25, 0.3) is 0 Å². The first-order chi connectivity index (χ1) is 8.19. The average molecular weight is 231 g/mol. The molecule has 0 spiro atoms. The normalized spacial score (nSPS) is 10.2. The molecule has 0 fully saturated rings. The monoisotopic (exact) mass is 231 g/mol. The van der Waals surface area contributed by atoms with E-state index in [-0.39, 0.29) is 5.69 Å². The minimum Gasteiger partial charge on any atom is -0.497 e. The van der Waals surface area contributed by atoms with Crippen molar-refractivity contribution in [1.29, 1.82) is 0 Å². The molecule has 0 atom stereocenters. The zero-order valence-electron chi connectivity index (χ0n) is 9.46. The van der Waals surface area contributed by atoms with Gasteiger partial charge in [0.2, 0.25) is 0 Å². The maximum absolute atomic E-state index is 11.5. The lowest BCUT2D eigenvalue weighted by Crippen LogP contribution is -2.23. The number of aromatic nitrogens is 2. The number of benzene rings is 1. The van der Waals surface area contributed by atoms with Crippen molar-refractivity contribution in [3.63, 3.8) is 0 Å². The van der Waals surface area contributed by atoms with Crippen LogP contribution < -0.4 is 16.2 Å². The molecule has 0 aliphatic rings. The van der Waals surface area contributed by atoms with E-state index in [1.54, 1.807) is 13.3 Å². The summed E-state index contributed by atoms with van der Waals surface area (Å²) in [5.74, 6) is 0.784. The molecule has 2 rings (SSSR count). The smallest absolute Gasteiger partial charge is 0.347 e. The van der Waals surface area contributed by atoms with Crippen LogP contribution >= 0.6 is 0 Å².